The summed E-state index contributed by atoms with van der Waals surface area (Å²) in [5.74, 6) is 0.764. The standard InChI is InChI=1S/C18H32N4O2/c1-3-18(4-2,11-13-23)14-19-17(24)21-16-10-12-20-22(16)15-8-6-5-7-9-15/h10,12,15,23H,3-9,11,13-14H2,1-2H3,(H2,19,21,24). The average molecular weight is 336 g/mol. The first kappa shape index (κ1) is 18.8. The van der Waals surface area contributed by atoms with Gasteiger partial charge in [0.1, 0.15) is 5.82 Å². The Balaban J connectivity index is 1.92. The molecule has 0 aromatic carbocycles. The molecule has 0 atom stereocenters. The zero-order chi connectivity index (χ0) is 17.4. The van der Waals surface area contributed by atoms with Gasteiger partial charge >= 0.3 is 6.03 Å². The van der Waals surface area contributed by atoms with Crippen LogP contribution in [0.4, 0.5) is 10.6 Å². The van der Waals surface area contributed by atoms with Gasteiger partial charge in [-0.1, -0.05) is 33.1 Å². The average Bonchev–Trinajstić information content (AvgIpc) is 3.07. The molecule has 0 bridgehead atoms. The first-order valence-electron chi connectivity index (χ1n) is 9.33. The molecule has 136 valence electrons. The second kappa shape index (κ2) is 9.06. The fraction of sp³-hybridized carbons (Fsp3) is 0.778. The summed E-state index contributed by atoms with van der Waals surface area (Å²) >= 11 is 0. The molecule has 0 spiro atoms. The summed E-state index contributed by atoms with van der Waals surface area (Å²) in [6, 6.07) is 2.05. The van der Waals surface area contributed by atoms with Gasteiger partial charge in [0.15, 0.2) is 0 Å². The van der Waals surface area contributed by atoms with E-state index in [9.17, 15) is 9.90 Å². The highest BCUT2D eigenvalue weighted by Gasteiger charge is 2.26. The lowest BCUT2D eigenvalue weighted by Crippen LogP contribution is -2.40. The van der Waals surface area contributed by atoms with Crippen LogP contribution >= 0.6 is 0 Å². The molecule has 0 aliphatic heterocycles. The van der Waals surface area contributed by atoms with Crippen LogP contribution in [-0.2, 0) is 0 Å². The summed E-state index contributed by atoms with van der Waals surface area (Å²) in [4.78, 5) is 12.3. The number of aromatic nitrogens is 2. The summed E-state index contributed by atoms with van der Waals surface area (Å²) in [7, 11) is 0. The third kappa shape index (κ3) is 4.72. The Morgan fingerprint density at radius 3 is 2.67 bits per heavy atom. The van der Waals surface area contributed by atoms with Crippen LogP contribution in [0.2, 0.25) is 0 Å². The van der Waals surface area contributed by atoms with Crippen molar-refractivity contribution in [2.45, 2.75) is 71.3 Å². The first-order chi connectivity index (χ1) is 11.6. The number of urea groups is 1. The van der Waals surface area contributed by atoms with Crippen LogP contribution in [0, 0.1) is 5.41 Å². The lowest BCUT2D eigenvalue weighted by Gasteiger charge is -2.31. The summed E-state index contributed by atoms with van der Waals surface area (Å²) in [6.07, 6.45) is 10.3. The lowest BCUT2D eigenvalue weighted by molar-refractivity contribution is 0.165. The SMILES string of the molecule is CCC(CC)(CCO)CNC(=O)Nc1ccnn1C1CCCCC1. The molecule has 1 saturated carbocycles. The molecule has 1 aliphatic carbocycles. The molecule has 24 heavy (non-hydrogen) atoms. The second-order valence-corrected chi connectivity index (χ2v) is 6.94. The number of aliphatic hydroxyl groups excluding tert-OH is 1. The molecular weight excluding hydrogens is 304 g/mol. The Bertz CT molecular complexity index is 505. The van der Waals surface area contributed by atoms with E-state index in [0.717, 1.165) is 31.5 Å². The minimum atomic E-state index is -0.197. The smallest absolute Gasteiger partial charge is 0.320 e. The highest BCUT2D eigenvalue weighted by atomic mass is 16.3. The Kier molecular flexibility index (Phi) is 7.09. The molecular formula is C18H32N4O2. The highest BCUT2D eigenvalue weighted by Crippen LogP contribution is 2.30. The van der Waals surface area contributed by atoms with Gasteiger partial charge in [0.25, 0.3) is 0 Å². The summed E-state index contributed by atoms with van der Waals surface area (Å²) in [5, 5.41) is 19.6. The molecule has 0 unspecified atom stereocenters. The number of rotatable bonds is 8. The molecule has 2 rings (SSSR count). The van der Waals surface area contributed by atoms with E-state index in [0.29, 0.717) is 19.0 Å². The van der Waals surface area contributed by atoms with Gasteiger partial charge in [-0.05, 0) is 37.5 Å². The van der Waals surface area contributed by atoms with Gasteiger partial charge in [-0.2, -0.15) is 5.10 Å². The fourth-order valence-electron chi connectivity index (χ4n) is 3.64. The van der Waals surface area contributed by atoms with Crippen LogP contribution in [0.15, 0.2) is 12.3 Å². The van der Waals surface area contributed by atoms with Crippen molar-refractivity contribution in [2.24, 2.45) is 5.41 Å². The van der Waals surface area contributed by atoms with E-state index in [4.69, 9.17) is 0 Å². The first-order valence-corrected chi connectivity index (χ1v) is 9.33. The van der Waals surface area contributed by atoms with E-state index < -0.39 is 0 Å². The fourth-order valence-corrected chi connectivity index (χ4v) is 3.64. The molecule has 3 N–H and O–H groups in total. The van der Waals surface area contributed by atoms with Crippen molar-refractivity contribution in [3.05, 3.63) is 12.3 Å². The monoisotopic (exact) mass is 336 g/mol. The lowest BCUT2D eigenvalue weighted by atomic mass is 9.79. The third-order valence-electron chi connectivity index (χ3n) is 5.60. The van der Waals surface area contributed by atoms with Crippen molar-refractivity contribution in [3.8, 4) is 0 Å². The summed E-state index contributed by atoms with van der Waals surface area (Å²) in [5.41, 5.74) is -0.0320. The number of carbonyl (C=O) groups is 1. The van der Waals surface area contributed by atoms with Crippen molar-refractivity contribution in [3.63, 3.8) is 0 Å². The Labute approximate surface area is 145 Å². The topological polar surface area (TPSA) is 79.2 Å². The van der Waals surface area contributed by atoms with Crippen LogP contribution in [0.25, 0.3) is 0 Å². The maximum atomic E-state index is 12.3. The zero-order valence-corrected chi connectivity index (χ0v) is 15.1. The van der Waals surface area contributed by atoms with Gasteiger partial charge < -0.3 is 10.4 Å². The minimum Gasteiger partial charge on any atom is -0.396 e. The highest BCUT2D eigenvalue weighted by molar-refractivity contribution is 5.88. The van der Waals surface area contributed by atoms with Crippen molar-refractivity contribution in [1.82, 2.24) is 15.1 Å². The molecule has 1 aromatic heterocycles. The number of anilines is 1. The molecule has 1 aliphatic rings. The molecule has 1 aromatic rings. The quantitative estimate of drug-likeness (QED) is 0.677. The predicted octanol–water partition coefficient (Wildman–Crippen LogP) is 3.70. The molecule has 0 radical (unpaired) electrons. The predicted molar refractivity (Wildman–Crippen MR) is 96.1 cm³/mol. The molecule has 1 fully saturated rings. The normalized spacial score (nSPS) is 16.1. The van der Waals surface area contributed by atoms with E-state index in [-0.39, 0.29) is 18.1 Å². The van der Waals surface area contributed by atoms with Gasteiger partial charge in [-0.3, -0.25) is 5.32 Å². The molecule has 0 saturated heterocycles. The summed E-state index contributed by atoms with van der Waals surface area (Å²) in [6.45, 7) is 4.94. The van der Waals surface area contributed by atoms with Crippen LogP contribution in [0.1, 0.15) is 71.3 Å². The van der Waals surface area contributed by atoms with Crippen molar-refractivity contribution in [2.75, 3.05) is 18.5 Å². The van der Waals surface area contributed by atoms with E-state index >= 15 is 0 Å². The van der Waals surface area contributed by atoms with E-state index in [1.165, 1.54) is 19.3 Å². The van der Waals surface area contributed by atoms with Crippen LogP contribution < -0.4 is 10.6 Å². The minimum absolute atomic E-state index is 0.0320. The van der Waals surface area contributed by atoms with Crippen molar-refractivity contribution >= 4 is 11.8 Å². The van der Waals surface area contributed by atoms with Crippen molar-refractivity contribution in [1.29, 1.82) is 0 Å². The number of nitrogens with one attached hydrogen (secondary N) is 2. The second-order valence-electron chi connectivity index (χ2n) is 6.94. The molecule has 1 heterocycles. The number of nitrogens with zero attached hydrogens (tertiary/aromatic N) is 2. The van der Waals surface area contributed by atoms with Gasteiger partial charge in [0.2, 0.25) is 0 Å². The van der Waals surface area contributed by atoms with Crippen LogP contribution in [0.5, 0.6) is 0 Å². The maximum absolute atomic E-state index is 12.3. The maximum Gasteiger partial charge on any atom is 0.320 e. The number of aliphatic hydroxyl groups is 1. The van der Waals surface area contributed by atoms with E-state index in [2.05, 4.69) is 29.6 Å². The van der Waals surface area contributed by atoms with E-state index in [1.807, 2.05) is 10.7 Å². The Morgan fingerprint density at radius 2 is 2.04 bits per heavy atom. The third-order valence-corrected chi connectivity index (χ3v) is 5.60. The van der Waals surface area contributed by atoms with Gasteiger partial charge in [-0.15, -0.1) is 0 Å². The van der Waals surface area contributed by atoms with E-state index in [1.54, 1.807) is 6.20 Å². The molecule has 2 amide bonds. The van der Waals surface area contributed by atoms with Crippen LogP contribution in [-0.4, -0.2) is 34.1 Å². The number of amides is 2. The zero-order valence-electron chi connectivity index (χ0n) is 15.1. The van der Waals surface area contributed by atoms with Crippen LogP contribution in [0.3, 0.4) is 0 Å². The van der Waals surface area contributed by atoms with Gasteiger partial charge in [-0.25, -0.2) is 9.48 Å². The Morgan fingerprint density at radius 1 is 1.33 bits per heavy atom. The molecule has 6 nitrogen and oxygen atoms in total. The van der Waals surface area contributed by atoms with Gasteiger partial charge in [0, 0.05) is 19.2 Å². The Hall–Kier alpha value is -1.56. The van der Waals surface area contributed by atoms with Crippen molar-refractivity contribution < 1.29 is 9.90 Å². The number of carbonyl (C=O) groups excluding carboxylic acids is 1. The number of hydrogen-bond donors (Lipinski definition) is 3. The number of hydrogen-bond acceptors (Lipinski definition) is 3. The van der Waals surface area contributed by atoms with Gasteiger partial charge in [0.05, 0.1) is 12.2 Å². The summed E-state index contributed by atoms with van der Waals surface area (Å²) < 4.78 is 1.96. The molecule has 6 heteroatoms. The largest absolute Gasteiger partial charge is 0.396 e.